The molecule has 0 unspecified atom stereocenters. The van der Waals surface area contributed by atoms with Crippen molar-refractivity contribution in [1.82, 2.24) is 4.98 Å². The van der Waals surface area contributed by atoms with Gasteiger partial charge in [-0.05, 0) is 51.1 Å². The normalized spacial score (nSPS) is 11.0. The third-order valence-electron chi connectivity index (χ3n) is 2.93. The number of halogens is 1. The number of pyridine rings is 1. The van der Waals surface area contributed by atoms with Crippen molar-refractivity contribution in [3.63, 3.8) is 0 Å². The number of rotatable bonds is 4. The first-order chi connectivity index (χ1) is 10.8. The number of amides is 1. The fourth-order valence-corrected chi connectivity index (χ4v) is 2.17. The third kappa shape index (κ3) is 4.86. The SMILES string of the molecule is COc1ccc(Cl)cc1NC(=O)c1ccc(NC(C)(C)C)cn1. The quantitative estimate of drug-likeness (QED) is 0.880. The average molecular weight is 334 g/mol. The van der Waals surface area contributed by atoms with E-state index in [9.17, 15) is 4.79 Å². The summed E-state index contributed by atoms with van der Waals surface area (Å²) < 4.78 is 5.21. The van der Waals surface area contributed by atoms with E-state index in [1.54, 1.807) is 30.5 Å². The number of carbonyl (C=O) groups is 1. The topological polar surface area (TPSA) is 63.2 Å². The number of hydrogen-bond donors (Lipinski definition) is 2. The zero-order valence-electron chi connectivity index (χ0n) is 13.6. The molecule has 0 spiro atoms. The van der Waals surface area contributed by atoms with Crippen LogP contribution in [-0.2, 0) is 0 Å². The smallest absolute Gasteiger partial charge is 0.274 e. The summed E-state index contributed by atoms with van der Waals surface area (Å²) in [5, 5.41) is 6.56. The van der Waals surface area contributed by atoms with Gasteiger partial charge in [0.25, 0.3) is 5.91 Å². The summed E-state index contributed by atoms with van der Waals surface area (Å²) in [6.07, 6.45) is 1.63. The molecule has 2 rings (SSSR count). The monoisotopic (exact) mass is 333 g/mol. The second-order valence-corrected chi connectivity index (χ2v) is 6.54. The minimum atomic E-state index is -0.326. The van der Waals surface area contributed by atoms with Gasteiger partial charge in [0, 0.05) is 10.6 Å². The molecule has 122 valence electrons. The van der Waals surface area contributed by atoms with Crippen LogP contribution < -0.4 is 15.4 Å². The van der Waals surface area contributed by atoms with Gasteiger partial charge in [-0.15, -0.1) is 0 Å². The second kappa shape index (κ2) is 6.87. The van der Waals surface area contributed by atoms with Crippen molar-refractivity contribution in [1.29, 1.82) is 0 Å². The van der Waals surface area contributed by atoms with Crippen molar-refractivity contribution in [3.8, 4) is 5.75 Å². The molecular formula is C17H20ClN3O2. The molecule has 0 saturated heterocycles. The molecule has 1 aromatic heterocycles. The van der Waals surface area contributed by atoms with E-state index in [1.165, 1.54) is 7.11 Å². The van der Waals surface area contributed by atoms with Crippen LogP contribution >= 0.6 is 11.6 Å². The Morgan fingerprint density at radius 2 is 1.96 bits per heavy atom. The summed E-state index contributed by atoms with van der Waals surface area (Å²) in [6, 6.07) is 8.51. The molecule has 0 aliphatic rings. The lowest BCUT2D eigenvalue weighted by Crippen LogP contribution is -2.26. The van der Waals surface area contributed by atoms with Crippen LogP contribution in [0.5, 0.6) is 5.75 Å². The van der Waals surface area contributed by atoms with Crippen molar-refractivity contribution < 1.29 is 9.53 Å². The number of nitrogens with zero attached hydrogens (tertiary/aromatic N) is 1. The molecule has 1 aromatic carbocycles. The molecular weight excluding hydrogens is 314 g/mol. The largest absolute Gasteiger partial charge is 0.495 e. The number of anilines is 2. The van der Waals surface area contributed by atoms with Crippen LogP contribution in [0.3, 0.4) is 0 Å². The summed E-state index contributed by atoms with van der Waals surface area (Å²) >= 11 is 5.95. The molecule has 0 radical (unpaired) electrons. The molecule has 2 aromatic rings. The van der Waals surface area contributed by atoms with Crippen LogP contribution in [0.15, 0.2) is 36.5 Å². The van der Waals surface area contributed by atoms with Crippen LogP contribution in [0, 0.1) is 0 Å². The van der Waals surface area contributed by atoms with Crippen LogP contribution in [-0.4, -0.2) is 23.5 Å². The van der Waals surface area contributed by atoms with Crippen LogP contribution in [0.25, 0.3) is 0 Å². The van der Waals surface area contributed by atoms with Crippen molar-refractivity contribution in [2.45, 2.75) is 26.3 Å². The zero-order valence-corrected chi connectivity index (χ0v) is 14.4. The molecule has 0 aliphatic carbocycles. The molecule has 6 heteroatoms. The summed E-state index contributed by atoms with van der Waals surface area (Å²) in [7, 11) is 1.53. The van der Waals surface area contributed by atoms with Gasteiger partial charge < -0.3 is 15.4 Å². The van der Waals surface area contributed by atoms with Crippen molar-refractivity contribution in [2.24, 2.45) is 0 Å². The van der Waals surface area contributed by atoms with Crippen LogP contribution in [0.2, 0.25) is 5.02 Å². The highest BCUT2D eigenvalue weighted by Crippen LogP contribution is 2.28. The Balaban J connectivity index is 2.14. The maximum atomic E-state index is 12.3. The van der Waals surface area contributed by atoms with Gasteiger partial charge in [0.2, 0.25) is 0 Å². The summed E-state index contributed by atoms with van der Waals surface area (Å²) in [5.74, 6) is 0.210. The van der Waals surface area contributed by atoms with Crippen molar-refractivity contribution >= 4 is 28.9 Å². The molecule has 0 aliphatic heterocycles. The second-order valence-electron chi connectivity index (χ2n) is 6.11. The molecule has 0 bridgehead atoms. The van der Waals surface area contributed by atoms with Gasteiger partial charge in [-0.3, -0.25) is 4.79 Å². The minimum Gasteiger partial charge on any atom is -0.495 e. The maximum Gasteiger partial charge on any atom is 0.274 e. The number of nitrogens with one attached hydrogen (secondary N) is 2. The number of aromatic nitrogens is 1. The van der Waals surface area contributed by atoms with Gasteiger partial charge in [0.1, 0.15) is 11.4 Å². The van der Waals surface area contributed by atoms with Gasteiger partial charge in [-0.1, -0.05) is 11.6 Å². The van der Waals surface area contributed by atoms with Crippen LogP contribution in [0.1, 0.15) is 31.3 Å². The Hall–Kier alpha value is -2.27. The fourth-order valence-electron chi connectivity index (χ4n) is 2.00. The Kier molecular flexibility index (Phi) is 5.11. The van der Waals surface area contributed by atoms with E-state index in [4.69, 9.17) is 16.3 Å². The molecule has 1 heterocycles. The molecule has 0 atom stereocenters. The van der Waals surface area contributed by atoms with E-state index in [1.807, 2.05) is 6.07 Å². The van der Waals surface area contributed by atoms with Gasteiger partial charge >= 0.3 is 0 Å². The Morgan fingerprint density at radius 3 is 2.52 bits per heavy atom. The molecule has 2 N–H and O–H groups in total. The van der Waals surface area contributed by atoms with Gasteiger partial charge in [0.15, 0.2) is 0 Å². The summed E-state index contributed by atoms with van der Waals surface area (Å²) in [5.41, 5.74) is 1.60. The zero-order chi connectivity index (χ0) is 17.0. The molecule has 0 saturated carbocycles. The lowest BCUT2D eigenvalue weighted by atomic mass is 10.1. The predicted molar refractivity (Wildman–Crippen MR) is 93.6 cm³/mol. The molecule has 0 fully saturated rings. The van der Waals surface area contributed by atoms with E-state index in [0.29, 0.717) is 22.2 Å². The maximum absolute atomic E-state index is 12.3. The summed E-state index contributed by atoms with van der Waals surface area (Å²) in [6.45, 7) is 6.16. The predicted octanol–water partition coefficient (Wildman–Crippen LogP) is 4.21. The van der Waals surface area contributed by atoms with E-state index in [-0.39, 0.29) is 11.4 Å². The summed E-state index contributed by atoms with van der Waals surface area (Å²) in [4.78, 5) is 16.5. The van der Waals surface area contributed by atoms with E-state index in [2.05, 4.69) is 36.4 Å². The Morgan fingerprint density at radius 1 is 1.22 bits per heavy atom. The Bertz CT molecular complexity index is 694. The third-order valence-corrected chi connectivity index (χ3v) is 3.16. The van der Waals surface area contributed by atoms with E-state index in [0.717, 1.165) is 5.69 Å². The Labute approximate surface area is 141 Å². The first kappa shape index (κ1) is 17.1. The lowest BCUT2D eigenvalue weighted by molar-refractivity contribution is 0.102. The lowest BCUT2D eigenvalue weighted by Gasteiger charge is -2.21. The number of benzene rings is 1. The first-order valence-corrected chi connectivity index (χ1v) is 7.55. The molecule has 5 nitrogen and oxygen atoms in total. The fraction of sp³-hybridized carbons (Fsp3) is 0.294. The first-order valence-electron chi connectivity index (χ1n) is 7.17. The van der Waals surface area contributed by atoms with E-state index >= 15 is 0 Å². The van der Waals surface area contributed by atoms with Gasteiger partial charge in [-0.25, -0.2) is 4.98 Å². The molecule has 1 amide bonds. The van der Waals surface area contributed by atoms with Crippen molar-refractivity contribution in [2.75, 3.05) is 17.7 Å². The van der Waals surface area contributed by atoms with Gasteiger partial charge in [-0.2, -0.15) is 0 Å². The van der Waals surface area contributed by atoms with E-state index < -0.39 is 0 Å². The number of methoxy groups -OCH3 is 1. The molecule has 23 heavy (non-hydrogen) atoms. The van der Waals surface area contributed by atoms with Crippen LogP contribution in [0.4, 0.5) is 11.4 Å². The number of ether oxygens (including phenoxy) is 1. The minimum absolute atomic E-state index is 0.0698. The highest BCUT2D eigenvalue weighted by molar-refractivity contribution is 6.31. The standard InChI is InChI=1S/C17H20ClN3O2/c1-17(2,3)21-12-6-7-13(19-10-12)16(22)20-14-9-11(18)5-8-15(14)23-4/h5-10,21H,1-4H3,(H,20,22). The number of hydrogen-bond acceptors (Lipinski definition) is 4. The van der Waals surface area contributed by atoms with Gasteiger partial charge in [0.05, 0.1) is 24.7 Å². The average Bonchev–Trinajstić information content (AvgIpc) is 2.46. The number of carbonyl (C=O) groups excluding carboxylic acids is 1. The highest BCUT2D eigenvalue weighted by atomic mass is 35.5. The highest BCUT2D eigenvalue weighted by Gasteiger charge is 2.13. The van der Waals surface area contributed by atoms with Crippen molar-refractivity contribution in [3.05, 3.63) is 47.2 Å².